The second-order valence-corrected chi connectivity index (χ2v) is 4.97. The molecule has 0 radical (unpaired) electrons. The molecule has 0 fully saturated rings. The minimum atomic E-state index is -0.312. The summed E-state index contributed by atoms with van der Waals surface area (Å²) < 4.78 is 32.6. The third kappa shape index (κ3) is 3.39. The van der Waals surface area contributed by atoms with Gasteiger partial charge in [-0.05, 0) is 55.8 Å². The molecule has 0 heterocycles. The highest BCUT2D eigenvalue weighted by atomic mass is 19.1. The van der Waals surface area contributed by atoms with E-state index in [1.54, 1.807) is 25.2 Å². The molecule has 0 spiro atoms. The Morgan fingerprint density at radius 3 is 2.57 bits per heavy atom. The summed E-state index contributed by atoms with van der Waals surface area (Å²) in [6.45, 7) is 1.85. The molecule has 2 nitrogen and oxygen atoms in total. The molecule has 4 heteroatoms. The van der Waals surface area contributed by atoms with Gasteiger partial charge in [-0.3, -0.25) is 0 Å². The molecule has 0 amide bonds. The predicted molar refractivity (Wildman–Crippen MR) is 79.6 cm³/mol. The number of ether oxygens (including phenoxy) is 1. The topological polar surface area (TPSA) is 21.3 Å². The van der Waals surface area contributed by atoms with Crippen molar-refractivity contribution in [2.24, 2.45) is 0 Å². The number of nitrogens with one attached hydrogen (secondary N) is 1. The van der Waals surface area contributed by atoms with Gasteiger partial charge < -0.3 is 10.1 Å². The number of aryl methyl sites for hydroxylation is 1. The normalized spacial score (nSPS) is 12.2. The van der Waals surface area contributed by atoms with Crippen LogP contribution in [0.25, 0.3) is 0 Å². The van der Waals surface area contributed by atoms with Crippen LogP contribution in [0.3, 0.4) is 0 Å². The van der Waals surface area contributed by atoms with E-state index >= 15 is 0 Å². The third-order valence-corrected chi connectivity index (χ3v) is 3.66. The molecule has 0 saturated heterocycles. The molecule has 112 valence electrons. The van der Waals surface area contributed by atoms with E-state index in [1.807, 2.05) is 6.92 Å². The molecule has 2 aromatic carbocycles. The fourth-order valence-electron chi connectivity index (χ4n) is 2.49. The van der Waals surface area contributed by atoms with Crippen molar-refractivity contribution < 1.29 is 13.5 Å². The first-order valence-corrected chi connectivity index (χ1v) is 6.81. The molecule has 0 aliphatic carbocycles. The van der Waals surface area contributed by atoms with Gasteiger partial charge in [0, 0.05) is 11.6 Å². The molecule has 0 aliphatic heterocycles. The highest BCUT2D eigenvalue weighted by Crippen LogP contribution is 2.30. The van der Waals surface area contributed by atoms with Crippen molar-refractivity contribution in [2.75, 3.05) is 14.2 Å². The summed E-state index contributed by atoms with van der Waals surface area (Å²) in [6, 6.07) is 9.18. The maximum Gasteiger partial charge on any atom is 0.131 e. The number of likely N-dealkylation sites (N-methyl/N-ethyl adjacent to an activating group) is 1. The molecule has 1 unspecified atom stereocenters. The lowest BCUT2D eigenvalue weighted by Crippen LogP contribution is -2.21. The van der Waals surface area contributed by atoms with Gasteiger partial charge in [0.1, 0.15) is 17.4 Å². The van der Waals surface area contributed by atoms with Crippen molar-refractivity contribution in [1.29, 1.82) is 0 Å². The van der Waals surface area contributed by atoms with Gasteiger partial charge in [0.15, 0.2) is 0 Å². The summed E-state index contributed by atoms with van der Waals surface area (Å²) in [7, 11) is 3.30. The van der Waals surface area contributed by atoms with Crippen LogP contribution in [0.15, 0.2) is 36.4 Å². The maximum atomic E-state index is 14.2. The summed E-state index contributed by atoms with van der Waals surface area (Å²) in [5.74, 6) is -0.0664. The second-order valence-electron chi connectivity index (χ2n) is 4.97. The Bertz CT molecular complexity index is 628. The molecule has 0 aromatic heterocycles. The number of benzene rings is 2. The van der Waals surface area contributed by atoms with Gasteiger partial charge in [-0.25, -0.2) is 8.78 Å². The smallest absolute Gasteiger partial charge is 0.131 e. The van der Waals surface area contributed by atoms with Crippen LogP contribution in [0.1, 0.15) is 22.7 Å². The molecule has 0 bridgehead atoms. The van der Waals surface area contributed by atoms with E-state index in [9.17, 15) is 8.78 Å². The lowest BCUT2D eigenvalue weighted by molar-refractivity contribution is 0.393. The number of methoxy groups -OCH3 is 1. The van der Waals surface area contributed by atoms with Gasteiger partial charge in [0.2, 0.25) is 0 Å². The standard InChI is InChI=1S/C17H19F2NO/c1-11-9-13(18)8-7-12(11)10-15(20-2)17-14(19)5-4-6-16(17)21-3/h4-9,15,20H,10H2,1-3H3. The number of hydrogen-bond donors (Lipinski definition) is 1. The first-order valence-electron chi connectivity index (χ1n) is 6.81. The van der Waals surface area contributed by atoms with Crippen molar-refractivity contribution in [1.82, 2.24) is 5.32 Å². The monoisotopic (exact) mass is 291 g/mol. The second kappa shape index (κ2) is 6.68. The van der Waals surface area contributed by atoms with Crippen molar-refractivity contribution in [3.8, 4) is 5.75 Å². The van der Waals surface area contributed by atoms with Crippen LogP contribution < -0.4 is 10.1 Å². The van der Waals surface area contributed by atoms with Crippen LogP contribution in [0.4, 0.5) is 8.78 Å². The van der Waals surface area contributed by atoms with Gasteiger partial charge in [0.05, 0.1) is 7.11 Å². The lowest BCUT2D eigenvalue weighted by Gasteiger charge is -2.21. The summed E-state index contributed by atoms with van der Waals surface area (Å²) >= 11 is 0. The minimum absolute atomic E-state index is 0.245. The van der Waals surface area contributed by atoms with E-state index in [4.69, 9.17) is 4.74 Å². The molecule has 0 aliphatic rings. The number of halogens is 2. The van der Waals surface area contributed by atoms with Gasteiger partial charge >= 0.3 is 0 Å². The van der Waals surface area contributed by atoms with Gasteiger partial charge in [-0.1, -0.05) is 12.1 Å². The van der Waals surface area contributed by atoms with Gasteiger partial charge in [0.25, 0.3) is 0 Å². The van der Waals surface area contributed by atoms with E-state index in [1.165, 1.54) is 25.3 Å². The summed E-state index contributed by atoms with van der Waals surface area (Å²) in [6.07, 6.45) is 0.555. The fraction of sp³-hybridized carbons (Fsp3) is 0.294. The highest BCUT2D eigenvalue weighted by molar-refractivity contribution is 5.39. The molecular weight excluding hydrogens is 272 g/mol. The predicted octanol–water partition coefficient (Wildman–Crippen LogP) is 3.79. The van der Waals surface area contributed by atoms with E-state index in [0.29, 0.717) is 17.7 Å². The highest BCUT2D eigenvalue weighted by Gasteiger charge is 2.20. The zero-order chi connectivity index (χ0) is 15.4. The van der Waals surface area contributed by atoms with Gasteiger partial charge in [-0.2, -0.15) is 0 Å². The molecule has 2 aromatic rings. The zero-order valence-electron chi connectivity index (χ0n) is 12.4. The molecule has 0 saturated carbocycles. The molecule has 21 heavy (non-hydrogen) atoms. The quantitative estimate of drug-likeness (QED) is 0.905. The van der Waals surface area contributed by atoms with Crippen molar-refractivity contribution >= 4 is 0 Å². The Morgan fingerprint density at radius 1 is 1.19 bits per heavy atom. The van der Waals surface area contributed by atoms with Crippen LogP contribution in [-0.4, -0.2) is 14.2 Å². The molecule has 1 atom stereocenters. The average molecular weight is 291 g/mol. The SMILES string of the molecule is CNC(Cc1ccc(F)cc1C)c1c(F)cccc1OC. The van der Waals surface area contributed by atoms with E-state index in [2.05, 4.69) is 5.32 Å². The van der Waals surface area contributed by atoms with Gasteiger partial charge in [-0.15, -0.1) is 0 Å². The zero-order valence-corrected chi connectivity index (χ0v) is 12.4. The Balaban J connectivity index is 2.36. The lowest BCUT2D eigenvalue weighted by atomic mass is 9.95. The van der Waals surface area contributed by atoms with Crippen LogP contribution >= 0.6 is 0 Å². The van der Waals surface area contributed by atoms with Crippen LogP contribution in [0, 0.1) is 18.6 Å². The number of hydrogen-bond acceptors (Lipinski definition) is 2. The summed E-state index contributed by atoms with van der Waals surface area (Å²) in [5, 5.41) is 3.11. The number of rotatable bonds is 5. The van der Waals surface area contributed by atoms with E-state index in [-0.39, 0.29) is 17.7 Å². The fourth-order valence-corrected chi connectivity index (χ4v) is 2.49. The van der Waals surface area contributed by atoms with Crippen molar-refractivity contribution in [3.63, 3.8) is 0 Å². The molecular formula is C17H19F2NO. The Morgan fingerprint density at radius 2 is 1.95 bits per heavy atom. The van der Waals surface area contributed by atoms with Crippen LogP contribution in [0.5, 0.6) is 5.75 Å². The minimum Gasteiger partial charge on any atom is -0.496 e. The first-order chi connectivity index (χ1) is 10.1. The third-order valence-electron chi connectivity index (χ3n) is 3.66. The summed E-state index contributed by atoms with van der Waals surface area (Å²) in [4.78, 5) is 0. The van der Waals surface area contributed by atoms with E-state index in [0.717, 1.165) is 11.1 Å². The Labute approximate surface area is 123 Å². The average Bonchev–Trinajstić information content (AvgIpc) is 2.47. The maximum absolute atomic E-state index is 14.2. The first kappa shape index (κ1) is 15.4. The largest absolute Gasteiger partial charge is 0.496 e. The van der Waals surface area contributed by atoms with E-state index < -0.39 is 0 Å². The van der Waals surface area contributed by atoms with Crippen molar-refractivity contribution in [2.45, 2.75) is 19.4 Å². The van der Waals surface area contributed by atoms with Crippen LogP contribution in [0.2, 0.25) is 0 Å². The van der Waals surface area contributed by atoms with Crippen LogP contribution in [-0.2, 0) is 6.42 Å². The molecule has 2 rings (SSSR count). The van der Waals surface area contributed by atoms with Crippen molar-refractivity contribution in [3.05, 3.63) is 64.7 Å². The summed E-state index contributed by atoms with van der Waals surface area (Å²) in [5.41, 5.74) is 2.32. The molecule has 1 N–H and O–H groups in total. The Hall–Kier alpha value is -1.94. The Kier molecular flexibility index (Phi) is 4.91.